The number of aromatic nitrogens is 1. The molecule has 0 spiro atoms. The maximum Gasteiger partial charge on any atom is 0.268 e. The van der Waals surface area contributed by atoms with Crippen LogP contribution < -0.4 is 11.5 Å². The van der Waals surface area contributed by atoms with E-state index in [0.29, 0.717) is 22.0 Å². The average molecular weight is 366 g/mol. The molecule has 3 rings (SSSR count). The van der Waals surface area contributed by atoms with Crippen LogP contribution in [-0.4, -0.2) is 24.6 Å². The van der Waals surface area contributed by atoms with Crippen molar-refractivity contribution in [1.29, 1.82) is 5.26 Å². The van der Waals surface area contributed by atoms with Crippen LogP contribution in [0.4, 0.5) is 0 Å². The van der Waals surface area contributed by atoms with Gasteiger partial charge in [0.15, 0.2) is 0 Å². The van der Waals surface area contributed by atoms with Crippen LogP contribution in [0.1, 0.15) is 11.1 Å². The van der Waals surface area contributed by atoms with E-state index in [1.54, 1.807) is 36.4 Å². The number of benzene rings is 2. The topological polar surface area (TPSA) is 140 Å². The minimum absolute atomic E-state index is 0.147. The van der Waals surface area contributed by atoms with Gasteiger partial charge in [0.25, 0.3) is 10.0 Å². The molecule has 0 aliphatic carbocycles. The van der Waals surface area contributed by atoms with Crippen molar-refractivity contribution >= 4 is 33.1 Å². The maximum atomic E-state index is 13.0. The third-order valence-corrected chi connectivity index (χ3v) is 5.29. The maximum absolute atomic E-state index is 13.0. The largest absolute Gasteiger partial charge is 0.369 e. The summed E-state index contributed by atoms with van der Waals surface area (Å²) >= 11 is 0. The van der Waals surface area contributed by atoms with Crippen molar-refractivity contribution < 1.29 is 8.42 Å². The zero-order chi connectivity index (χ0) is 18.7. The fourth-order valence-corrected chi connectivity index (χ4v) is 3.86. The molecule has 4 N–H and O–H groups in total. The SMILES string of the molecule is N#Cc1ccc2c(c1)c(/C=N/N=C(N)N)cn2S(=O)(=O)c1ccccc1. The van der Waals surface area contributed by atoms with Crippen LogP contribution in [0.15, 0.2) is 69.8 Å². The van der Waals surface area contributed by atoms with Gasteiger partial charge in [-0.15, -0.1) is 5.10 Å². The Morgan fingerprint density at radius 2 is 1.88 bits per heavy atom. The van der Waals surface area contributed by atoms with E-state index in [2.05, 4.69) is 10.2 Å². The van der Waals surface area contributed by atoms with Crippen LogP contribution >= 0.6 is 0 Å². The number of hydrogen-bond donors (Lipinski definition) is 2. The van der Waals surface area contributed by atoms with Gasteiger partial charge in [-0.3, -0.25) is 0 Å². The lowest BCUT2D eigenvalue weighted by molar-refractivity contribution is 0.589. The summed E-state index contributed by atoms with van der Waals surface area (Å²) in [6.45, 7) is 0. The second-order valence-corrected chi connectivity index (χ2v) is 7.13. The molecule has 0 atom stereocenters. The van der Waals surface area contributed by atoms with Crippen molar-refractivity contribution in [2.45, 2.75) is 4.90 Å². The quantitative estimate of drug-likeness (QED) is 0.407. The van der Waals surface area contributed by atoms with Crippen molar-refractivity contribution in [1.82, 2.24) is 3.97 Å². The number of nitrogens with two attached hydrogens (primary N) is 2. The fraction of sp³-hybridized carbons (Fsp3) is 0. The van der Waals surface area contributed by atoms with Crippen LogP contribution in [0, 0.1) is 11.3 Å². The molecule has 0 aliphatic heterocycles. The predicted octanol–water partition coefficient (Wildman–Crippen LogP) is 1.36. The predicted molar refractivity (Wildman–Crippen MR) is 99.1 cm³/mol. The number of fused-ring (bicyclic) bond motifs is 1. The molecule has 1 aromatic heterocycles. The van der Waals surface area contributed by atoms with Gasteiger partial charge in [0.2, 0.25) is 5.96 Å². The monoisotopic (exact) mass is 366 g/mol. The molecule has 0 aliphatic rings. The van der Waals surface area contributed by atoms with Crippen LogP contribution in [0.2, 0.25) is 0 Å². The summed E-state index contributed by atoms with van der Waals surface area (Å²) in [5.41, 5.74) is 11.7. The Labute approximate surface area is 149 Å². The first-order valence-corrected chi connectivity index (χ1v) is 8.85. The number of hydrogen-bond acceptors (Lipinski definition) is 5. The molecule has 1 heterocycles. The molecule has 130 valence electrons. The van der Waals surface area contributed by atoms with Crippen LogP contribution in [-0.2, 0) is 10.0 Å². The molecule has 9 heteroatoms. The first-order chi connectivity index (χ1) is 12.4. The Morgan fingerprint density at radius 3 is 2.54 bits per heavy atom. The van der Waals surface area contributed by atoms with Gasteiger partial charge in [-0.05, 0) is 30.3 Å². The zero-order valence-corrected chi connectivity index (χ0v) is 14.3. The number of guanidine groups is 1. The molecule has 0 bridgehead atoms. The molecule has 3 aromatic rings. The highest BCUT2D eigenvalue weighted by Crippen LogP contribution is 2.26. The summed E-state index contributed by atoms with van der Waals surface area (Å²) in [5, 5.41) is 16.9. The Hall–Kier alpha value is -3.64. The van der Waals surface area contributed by atoms with E-state index in [1.807, 2.05) is 6.07 Å². The summed E-state index contributed by atoms with van der Waals surface area (Å²) in [5.74, 6) is -0.223. The van der Waals surface area contributed by atoms with E-state index in [4.69, 9.17) is 16.7 Å². The van der Waals surface area contributed by atoms with Gasteiger partial charge in [-0.1, -0.05) is 18.2 Å². The normalized spacial score (nSPS) is 11.5. The van der Waals surface area contributed by atoms with Crippen molar-refractivity contribution in [3.8, 4) is 6.07 Å². The molecule has 0 unspecified atom stereocenters. The average Bonchev–Trinajstić information content (AvgIpc) is 3.01. The van der Waals surface area contributed by atoms with Gasteiger partial charge in [-0.25, -0.2) is 12.4 Å². The van der Waals surface area contributed by atoms with Crippen molar-refractivity contribution in [2.75, 3.05) is 0 Å². The molecule has 0 fully saturated rings. The third kappa shape index (κ3) is 3.13. The van der Waals surface area contributed by atoms with E-state index < -0.39 is 10.0 Å². The highest BCUT2D eigenvalue weighted by atomic mass is 32.2. The van der Waals surface area contributed by atoms with E-state index >= 15 is 0 Å². The summed E-state index contributed by atoms with van der Waals surface area (Å²) < 4.78 is 27.1. The lowest BCUT2D eigenvalue weighted by atomic mass is 10.1. The van der Waals surface area contributed by atoms with E-state index in [-0.39, 0.29) is 10.9 Å². The van der Waals surface area contributed by atoms with Crippen LogP contribution in [0.5, 0.6) is 0 Å². The minimum Gasteiger partial charge on any atom is -0.369 e. The van der Waals surface area contributed by atoms with Gasteiger partial charge in [0, 0.05) is 17.1 Å². The number of nitrogens with zero attached hydrogens (tertiary/aromatic N) is 4. The summed E-state index contributed by atoms with van der Waals surface area (Å²) in [7, 11) is -3.82. The van der Waals surface area contributed by atoms with Gasteiger partial charge < -0.3 is 11.5 Å². The lowest BCUT2D eigenvalue weighted by Gasteiger charge is -2.07. The van der Waals surface area contributed by atoms with Crippen LogP contribution in [0.3, 0.4) is 0 Å². The number of rotatable bonds is 4. The fourth-order valence-electron chi connectivity index (χ4n) is 2.46. The summed E-state index contributed by atoms with van der Waals surface area (Å²) in [6.07, 6.45) is 2.75. The Morgan fingerprint density at radius 1 is 1.15 bits per heavy atom. The Kier molecular flexibility index (Phi) is 4.43. The highest BCUT2D eigenvalue weighted by molar-refractivity contribution is 7.90. The first-order valence-electron chi connectivity index (χ1n) is 7.41. The summed E-state index contributed by atoms with van der Waals surface area (Å²) in [4.78, 5) is 0.147. The van der Waals surface area contributed by atoms with Gasteiger partial charge in [0.1, 0.15) is 0 Å². The molecule has 0 saturated carbocycles. The van der Waals surface area contributed by atoms with Crippen LogP contribution in [0.25, 0.3) is 10.9 Å². The van der Waals surface area contributed by atoms with Crippen molar-refractivity contribution in [3.63, 3.8) is 0 Å². The van der Waals surface area contributed by atoms with E-state index in [1.165, 1.54) is 24.5 Å². The Bertz CT molecular complexity index is 1170. The molecular formula is C17H14N6O2S. The molecule has 0 radical (unpaired) electrons. The molecule has 2 aromatic carbocycles. The standard InChI is InChI=1S/C17H14N6O2S/c18-9-12-6-7-16-15(8-12)13(10-21-22-17(19)20)11-23(16)26(24,25)14-4-2-1-3-5-14/h1-8,10-11H,(H4,19,20,22)/b21-10+. The smallest absolute Gasteiger partial charge is 0.268 e. The minimum atomic E-state index is -3.82. The summed E-state index contributed by atoms with van der Waals surface area (Å²) in [6, 6.07) is 14.8. The molecule has 26 heavy (non-hydrogen) atoms. The van der Waals surface area contributed by atoms with Crippen molar-refractivity contribution in [3.05, 3.63) is 65.9 Å². The van der Waals surface area contributed by atoms with Crippen molar-refractivity contribution in [2.24, 2.45) is 21.7 Å². The molecule has 0 amide bonds. The number of nitriles is 1. The van der Waals surface area contributed by atoms with E-state index in [0.717, 1.165) is 3.97 Å². The molecule has 8 nitrogen and oxygen atoms in total. The zero-order valence-electron chi connectivity index (χ0n) is 13.4. The second kappa shape index (κ2) is 6.70. The lowest BCUT2D eigenvalue weighted by Crippen LogP contribution is -2.21. The van der Waals surface area contributed by atoms with Gasteiger partial charge in [0.05, 0.1) is 28.3 Å². The second-order valence-electron chi connectivity index (χ2n) is 5.31. The third-order valence-electron chi connectivity index (χ3n) is 3.60. The first kappa shape index (κ1) is 17.2. The van der Waals surface area contributed by atoms with Gasteiger partial charge in [-0.2, -0.15) is 10.4 Å². The highest BCUT2D eigenvalue weighted by Gasteiger charge is 2.20. The molecule has 0 saturated heterocycles. The van der Waals surface area contributed by atoms with E-state index in [9.17, 15) is 8.42 Å². The Balaban J connectivity index is 2.26. The van der Waals surface area contributed by atoms with Gasteiger partial charge >= 0.3 is 0 Å². The molecular weight excluding hydrogens is 352 g/mol.